The predicted octanol–water partition coefficient (Wildman–Crippen LogP) is 2.60. The molecule has 0 spiro atoms. The van der Waals surface area contributed by atoms with Crippen molar-refractivity contribution >= 4 is 0 Å². The molecule has 0 aliphatic heterocycles. The number of rotatable bonds is 4. The summed E-state index contributed by atoms with van der Waals surface area (Å²) in [7, 11) is 2.01. The molecule has 1 atom stereocenters. The molecule has 98 valence electrons. The quantitative estimate of drug-likeness (QED) is 0.854. The molecule has 0 saturated heterocycles. The summed E-state index contributed by atoms with van der Waals surface area (Å²) in [6, 6.07) is 7.27. The van der Waals surface area contributed by atoms with Gasteiger partial charge in [-0.05, 0) is 62.3 Å². The molecule has 0 radical (unpaired) electrons. The zero-order valence-corrected chi connectivity index (χ0v) is 11.2. The Balaban J connectivity index is 1.91. The second kappa shape index (κ2) is 4.67. The zero-order chi connectivity index (χ0) is 12.6. The minimum Gasteiger partial charge on any atom is -0.396 e. The van der Waals surface area contributed by atoms with Crippen LogP contribution in [0, 0.1) is 5.41 Å². The van der Waals surface area contributed by atoms with Gasteiger partial charge in [-0.3, -0.25) is 0 Å². The zero-order valence-electron chi connectivity index (χ0n) is 11.2. The minimum absolute atomic E-state index is 0.109. The van der Waals surface area contributed by atoms with Crippen molar-refractivity contribution < 1.29 is 5.11 Å². The van der Waals surface area contributed by atoms with Gasteiger partial charge in [-0.25, -0.2) is 0 Å². The van der Waals surface area contributed by atoms with Crippen LogP contribution in [0.15, 0.2) is 18.2 Å². The second-order valence-corrected chi connectivity index (χ2v) is 5.98. The van der Waals surface area contributed by atoms with Crippen LogP contribution < -0.4 is 5.32 Å². The lowest BCUT2D eigenvalue weighted by atomic mass is 9.85. The second-order valence-electron chi connectivity index (χ2n) is 5.98. The molecule has 2 nitrogen and oxygen atoms in total. The predicted molar refractivity (Wildman–Crippen MR) is 73.6 cm³/mol. The largest absolute Gasteiger partial charge is 0.396 e. The summed E-state index contributed by atoms with van der Waals surface area (Å²) in [4.78, 5) is 0. The summed E-state index contributed by atoms with van der Waals surface area (Å²) < 4.78 is 0. The van der Waals surface area contributed by atoms with Crippen molar-refractivity contribution in [1.29, 1.82) is 0 Å². The van der Waals surface area contributed by atoms with E-state index in [0.29, 0.717) is 12.6 Å². The van der Waals surface area contributed by atoms with Gasteiger partial charge in [-0.15, -0.1) is 0 Å². The SMILES string of the molecule is CNC(c1ccc2c(c1)CCCC2)C1(CO)CC1. The minimum atomic E-state index is 0.109. The molecular formula is C16H23NO. The molecule has 3 rings (SSSR count). The van der Waals surface area contributed by atoms with Crippen LogP contribution in [0.2, 0.25) is 0 Å². The van der Waals surface area contributed by atoms with Gasteiger partial charge in [-0.1, -0.05) is 18.2 Å². The van der Waals surface area contributed by atoms with Crippen LogP contribution in [0.5, 0.6) is 0 Å². The Labute approximate surface area is 109 Å². The molecule has 1 fully saturated rings. The fraction of sp³-hybridized carbons (Fsp3) is 0.625. The number of fused-ring (bicyclic) bond motifs is 1. The number of aryl methyl sites for hydroxylation is 2. The molecule has 0 bridgehead atoms. The monoisotopic (exact) mass is 245 g/mol. The fourth-order valence-corrected chi connectivity index (χ4v) is 3.46. The lowest BCUT2D eigenvalue weighted by molar-refractivity contribution is 0.175. The highest BCUT2D eigenvalue weighted by Gasteiger charge is 2.48. The molecule has 0 heterocycles. The third-order valence-corrected chi connectivity index (χ3v) is 4.81. The molecular weight excluding hydrogens is 222 g/mol. The van der Waals surface area contributed by atoms with E-state index < -0.39 is 0 Å². The summed E-state index contributed by atoms with van der Waals surface area (Å²) in [5.41, 5.74) is 4.55. The molecule has 1 saturated carbocycles. The molecule has 2 heteroatoms. The molecule has 1 aromatic carbocycles. The van der Waals surface area contributed by atoms with Gasteiger partial charge in [0.15, 0.2) is 0 Å². The van der Waals surface area contributed by atoms with Crippen molar-refractivity contribution in [2.24, 2.45) is 5.41 Å². The molecule has 0 amide bonds. The van der Waals surface area contributed by atoms with Crippen LogP contribution >= 0.6 is 0 Å². The summed E-state index contributed by atoms with van der Waals surface area (Å²) in [5, 5.41) is 13.0. The lowest BCUT2D eigenvalue weighted by Crippen LogP contribution is -2.29. The molecule has 1 aromatic rings. The Bertz CT molecular complexity index is 437. The lowest BCUT2D eigenvalue weighted by Gasteiger charge is -2.27. The average molecular weight is 245 g/mol. The van der Waals surface area contributed by atoms with E-state index in [-0.39, 0.29) is 5.41 Å². The molecule has 2 aliphatic carbocycles. The van der Waals surface area contributed by atoms with E-state index in [1.54, 1.807) is 0 Å². The maximum absolute atomic E-state index is 9.62. The van der Waals surface area contributed by atoms with Gasteiger partial charge in [0.05, 0.1) is 6.61 Å². The van der Waals surface area contributed by atoms with Crippen LogP contribution in [0.4, 0.5) is 0 Å². The third kappa shape index (κ3) is 1.98. The summed E-state index contributed by atoms with van der Waals surface area (Å²) >= 11 is 0. The number of benzene rings is 1. The van der Waals surface area contributed by atoms with Crippen LogP contribution in [-0.4, -0.2) is 18.8 Å². The Kier molecular flexibility index (Phi) is 3.16. The van der Waals surface area contributed by atoms with E-state index in [1.807, 2.05) is 7.05 Å². The van der Waals surface area contributed by atoms with Crippen LogP contribution in [0.25, 0.3) is 0 Å². The highest BCUT2D eigenvalue weighted by molar-refractivity contribution is 5.36. The van der Waals surface area contributed by atoms with Crippen molar-refractivity contribution in [2.75, 3.05) is 13.7 Å². The first-order valence-electron chi connectivity index (χ1n) is 7.19. The molecule has 18 heavy (non-hydrogen) atoms. The van der Waals surface area contributed by atoms with Crippen molar-refractivity contribution in [3.63, 3.8) is 0 Å². The van der Waals surface area contributed by atoms with Gasteiger partial charge in [0.25, 0.3) is 0 Å². The van der Waals surface area contributed by atoms with Crippen molar-refractivity contribution in [1.82, 2.24) is 5.32 Å². The van der Waals surface area contributed by atoms with E-state index in [2.05, 4.69) is 23.5 Å². The highest BCUT2D eigenvalue weighted by Crippen LogP contribution is 2.54. The Morgan fingerprint density at radius 2 is 1.94 bits per heavy atom. The Morgan fingerprint density at radius 1 is 1.22 bits per heavy atom. The van der Waals surface area contributed by atoms with Gasteiger partial charge in [-0.2, -0.15) is 0 Å². The summed E-state index contributed by atoms with van der Waals surface area (Å²) in [6.45, 7) is 0.301. The maximum atomic E-state index is 9.62. The van der Waals surface area contributed by atoms with Gasteiger partial charge in [0, 0.05) is 11.5 Å². The first-order chi connectivity index (χ1) is 8.79. The van der Waals surface area contributed by atoms with Crippen LogP contribution in [0.1, 0.15) is 48.4 Å². The fourth-order valence-electron chi connectivity index (χ4n) is 3.46. The van der Waals surface area contributed by atoms with E-state index in [1.165, 1.54) is 42.4 Å². The van der Waals surface area contributed by atoms with Crippen molar-refractivity contribution in [3.05, 3.63) is 34.9 Å². The number of aliphatic hydroxyl groups excluding tert-OH is 1. The van der Waals surface area contributed by atoms with Gasteiger partial charge in [0.2, 0.25) is 0 Å². The topological polar surface area (TPSA) is 32.3 Å². The number of hydrogen-bond acceptors (Lipinski definition) is 2. The molecule has 2 N–H and O–H groups in total. The molecule has 1 unspecified atom stereocenters. The first-order valence-corrected chi connectivity index (χ1v) is 7.19. The Hall–Kier alpha value is -0.860. The van der Waals surface area contributed by atoms with Crippen molar-refractivity contribution in [2.45, 2.75) is 44.6 Å². The van der Waals surface area contributed by atoms with E-state index >= 15 is 0 Å². The molecule has 0 aromatic heterocycles. The average Bonchev–Trinajstić information content (AvgIpc) is 3.20. The first kappa shape index (κ1) is 12.2. The van der Waals surface area contributed by atoms with Gasteiger partial charge >= 0.3 is 0 Å². The standard InChI is InChI=1S/C16H23NO/c1-17-15(16(11-18)8-9-16)14-7-6-12-4-2-3-5-13(12)10-14/h6-7,10,15,17-18H,2-5,8-9,11H2,1H3. The number of aliphatic hydroxyl groups is 1. The highest BCUT2D eigenvalue weighted by atomic mass is 16.3. The van der Waals surface area contributed by atoms with E-state index in [4.69, 9.17) is 0 Å². The number of nitrogens with one attached hydrogen (secondary N) is 1. The Morgan fingerprint density at radius 3 is 2.56 bits per heavy atom. The maximum Gasteiger partial charge on any atom is 0.0505 e. The van der Waals surface area contributed by atoms with E-state index in [9.17, 15) is 5.11 Å². The van der Waals surface area contributed by atoms with Crippen molar-refractivity contribution in [3.8, 4) is 0 Å². The van der Waals surface area contributed by atoms with E-state index in [0.717, 1.165) is 12.8 Å². The number of hydrogen-bond donors (Lipinski definition) is 2. The van der Waals surface area contributed by atoms with Crippen LogP contribution in [-0.2, 0) is 12.8 Å². The van der Waals surface area contributed by atoms with Gasteiger partial charge < -0.3 is 10.4 Å². The molecule has 2 aliphatic rings. The van der Waals surface area contributed by atoms with Crippen LogP contribution in [0.3, 0.4) is 0 Å². The summed E-state index contributed by atoms with van der Waals surface area (Å²) in [5.74, 6) is 0. The third-order valence-electron chi connectivity index (χ3n) is 4.81. The normalized spacial score (nSPS) is 22.3. The van der Waals surface area contributed by atoms with Gasteiger partial charge in [0.1, 0.15) is 0 Å². The summed E-state index contributed by atoms with van der Waals surface area (Å²) in [6.07, 6.45) is 7.42. The smallest absolute Gasteiger partial charge is 0.0505 e.